The van der Waals surface area contributed by atoms with Crippen LogP contribution in [-0.4, -0.2) is 61.0 Å². The van der Waals surface area contributed by atoms with E-state index < -0.39 is 12.1 Å². The van der Waals surface area contributed by atoms with Gasteiger partial charge in [-0.05, 0) is 107 Å². The van der Waals surface area contributed by atoms with Gasteiger partial charge in [0.1, 0.15) is 0 Å². The van der Waals surface area contributed by atoms with E-state index in [0.717, 1.165) is 48.5 Å². The average Bonchev–Trinajstić information content (AvgIpc) is 2.95. The van der Waals surface area contributed by atoms with Gasteiger partial charge >= 0.3 is 5.97 Å². The summed E-state index contributed by atoms with van der Waals surface area (Å²) in [7, 11) is 4.19. The molecule has 1 heterocycles. The predicted octanol–water partition coefficient (Wildman–Crippen LogP) is 7.54. The lowest BCUT2D eigenvalue weighted by atomic mass is 9.60. The molecule has 41 heavy (non-hydrogen) atoms. The summed E-state index contributed by atoms with van der Waals surface area (Å²) in [5.41, 5.74) is 2.52. The molecule has 2 aliphatic rings. The highest BCUT2D eigenvalue weighted by Crippen LogP contribution is 2.48. The van der Waals surface area contributed by atoms with Crippen LogP contribution in [0.5, 0.6) is 0 Å². The number of amides is 1. The second kappa shape index (κ2) is 16.5. The number of allylic oxidation sites excluding steroid dienone is 2. The topological polar surface area (TPSA) is 49.9 Å². The minimum atomic E-state index is -0.772. The SMILES string of the molecule is CC/C(C)=C/C[C@H]1[C@@H]2CCC[C@H](C)N(C)C[C@@H]2CC[C@@H]1[C@@H](C)CCCN(C)C(=O)[C@@H](Cc1ccccc1)OC(C)=O. The van der Waals surface area contributed by atoms with Crippen LogP contribution in [0.4, 0.5) is 0 Å². The standard InChI is InChI=1S/C36H58N2O3/c1-8-26(2)19-21-34-32(22-20-31-25-38(7)28(4)15-12-18-33(31)34)27(3)14-13-23-37(6)36(40)35(41-29(5)39)24-30-16-10-9-11-17-30/h9-11,16-17,19,27-28,31-35H,8,12-15,18,20-25H2,1-7H3/b26-19+/t27-,28-,31-,32+,33+,34+,35+/m0/s1. The van der Waals surface area contributed by atoms with Crippen molar-refractivity contribution in [1.82, 2.24) is 9.80 Å². The third-order valence-corrected chi connectivity index (χ3v) is 10.4. The van der Waals surface area contributed by atoms with Crippen LogP contribution < -0.4 is 0 Å². The molecule has 1 aliphatic heterocycles. The molecule has 7 atom stereocenters. The third-order valence-electron chi connectivity index (χ3n) is 10.4. The fourth-order valence-electron chi connectivity index (χ4n) is 7.56. The molecule has 230 valence electrons. The molecule has 0 unspecified atom stereocenters. The molecule has 1 saturated heterocycles. The molecule has 0 radical (unpaired) electrons. The van der Waals surface area contributed by atoms with E-state index >= 15 is 0 Å². The summed E-state index contributed by atoms with van der Waals surface area (Å²) in [6.07, 6.45) is 13.4. The molecule has 1 amide bonds. The second-order valence-corrected chi connectivity index (χ2v) is 13.4. The number of rotatable bonds is 12. The van der Waals surface area contributed by atoms with E-state index in [1.807, 2.05) is 37.4 Å². The fraction of sp³-hybridized carbons (Fsp3) is 0.722. The predicted molar refractivity (Wildman–Crippen MR) is 170 cm³/mol. The summed E-state index contributed by atoms with van der Waals surface area (Å²) < 4.78 is 5.47. The van der Waals surface area contributed by atoms with Gasteiger partial charge in [0.2, 0.25) is 0 Å². The Balaban J connectivity index is 1.62. The minimum Gasteiger partial charge on any atom is -0.452 e. The lowest BCUT2D eigenvalue weighted by Crippen LogP contribution is -2.45. The number of nitrogens with zero attached hydrogens (tertiary/aromatic N) is 2. The van der Waals surface area contributed by atoms with Crippen LogP contribution in [0.2, 0.25) is 0 Å². The zero-order chi connectivity index (χ0) is 29.9. The molecule has 0 aromatic heterocycles. The van der Waals surface area contributed by atoms with Gasteiger partial charge in [-0.25, -0.2) is 0 Å². The number of hydrogen-bond acceptors (Lipinski definition) is 4. The quantitative estimate of drug-likeness (QED) is 0.194. The molecule has 1 aromatic rings. The van der Waals surface area contributed by atoms with E-state index in [4.69, 9.17) is 4.74 Å². The molecule has 0 bridgehead atoms. The molecule has 5 nitrogen and oxygen atoms in total. The zero-order valence-corrected chi connectivity index (χ0v) is 27.1. The van der Waals surface area contributed by atoms with Gasteiger partial charge in [-0.15, -0.1) is 0 Å². The van der Waals surface area contributed by atoms with E-state index in [-0.39, 0.29) is 5.91 Å². The van der Waals surface area contributed by atoms with Crippen LogP contribution in [0.25, 0.3) is 0 Å². The lowest BCUT2D eigenvalue weighted by Gasteiger charge is -2.48. The van der Waals surface area contributed by atoms with Crippen molar-refractivity contribution in [2.45, 2.75) is 111 Å². The lowest BCUT2D eigenvalue weighted by molar-refractivity contribution is -0.157. The number of ether oxygens (including phenoxy) is 1. The smallest absolute Gasteiger partial charge is 0.303 e. The summed E-state index contributed by atoms with van der Waals surface area (Å²) in [5, 5.41) is 0. The van der Waals surface area contributed by atoms with Gasteiger partial charge in [-0.2, -0.15) is 0 Å². The molecule has 1 aliphatic carbocycles. The molecule has 3 rings (SSSR count). The first kappa shape index (κ1) is 33.4. The van der Waals surface area contributed by atoms with E-state index in [1.165, 1.54) is 57.6 Å². The highest BCUT2D eigenvalue weighted by Gasteiger charge is 2.41. The van der Waals surface area contributed by atoms with Crippen molar-refractivity contribution in [1.29, 1.82) is 0 Å². The van der Waals surface area contributed by atoms with E-state index in [1.54, 1.807) is 4.90 Å². The van der Waals surface area contributed by atoms with E-state index in [0.29, 0.717) is 24.9 Å². The molecular formula is C36H58N2O3. The number of carbonyl (C=O) groups excluding carboxylic acids is 2. The number of esters is 1. The van der Waals surface area contributed by atoms with E-state index in [2.05, 4.69) is 45.7 Å². The average molecular weight is 567 g/mol. The van der Waals surface area contributed by atoms with Crippen LogP contribution in [0, 0.1) is 29.6 Å². The molecule has 0 N–H and O–H groups in total. The Kier molecular flexibility index (Phi) is 13.4. The van der Waals surface area contributed by atoms with Crippen LogP contribution in [0.1, 0.15) is 98.0 Å². The van der Waals surface area contributed by atoms with Gasteiger partial charge in [-0.1, -0.05) is 62.2 Å². The first-order valence-corrected chi connectivity index (χ1v) is 16.4. The Bertz CT molecular complexity index is 976. The van der Waals surface area contributed by atoms with Gasteiger partial charge in [0.25, 0.3) is 5.91 Å². The van der Waals surface area contributed by atoms with Crippen LogP contribution >= 0.6 is 0 Å². The summed E-state index contributed by atoms with van der Waals surface area (Å²) in [6.45, 7) is 12.7. The fourth-order valence-corrected chi connectivity index (χ4v) is 7.56. The van der Waals surface area contributed by atoms with Gasteiger partial charge in [-0.3, -0.25) is 9.59 Å². The van der Waals surface area contributed by atoms with Crippen molar-refractivity contribution in [3.05, 3.63) is 47.5 Å². The Hall–Kier alpha value is -2.14. The van der Waals surface area contributed by atoms with Gasteiger partial charge in [0.05, 0.1) is 0 Å². The Labute approximate surface area is 251 Å². The first-order chi connectivity index (χ1) is 19.6. The van der Waals surface area contributed by atoms with Crippen molar-refractivity contribution < 1.29 is 14.3 Å². The molecule has 0 spiro atoms. The summed E-state index contributed by atoms with van der Waals surface area (Å²) in [4.78, 5) is 29.5. The molecule has 5 heteroatoms. The van der Waals surface area contributed by atoms with Gasteiger partial charge in [0, 0.05) is 39.5 Å². The third kappa shape index (κ3) is 9.98. The minimum absolute atomic E-state index is 0.108. The largest absolute Gasteiger partial charge is 0.452 e. The number of likely N-dealkylation sites (N-methyl/N-ethyl adjacent to an activating group) is 1. The summed E-state index contributed by atoms with van der Waals surface area (Å²) >= 11 is 0. The number of benzene rings is 1. The molecule has 1 aromatic carbocycles. The number of likely N-dealkylation sites (tertiary alicyclic amines) is 1. The normalized spacial score (nSPS) is 27.2. The van der Waals surface area contributed by atoms with Crippen molar-refractivity contribution >= 4 is 11.9 Å². The van der Waals surface area contributed by atoms with Crippen molar-refractivity contribution in [3.8, 4) is 0 Å². The summed E-state index contributed by atoms with van der Waals surface area (Å²) in [6, 6.07) is 10.5. The first-order valence-electron chi connectivity index (χ1n) is 16.4. The summed E-state index contributed by atoms with van der Waals surface area (Å²) in [5.74, 6) is 3.25. The molecular weight excluding hydrogens is 508 g/mol. The maximum atomic E-state index is 13.3. The van der Waals surface area contributed by atoms with Crippen LogP contribution in [0.15, 0.2) is 42.0 Å². The number of hydrogen-bond donors (Lipinski definition) is 0. The second-order valence-electron chi connectivity index (χ2n) is 13.4. The maximum Gasteiger partial charge on any atom is 0.303 e. The maximum absolute atomic E-state index is 13.3. The van der Waals surface area contributed by atoms with Crippen molar-refractivity contribution in [2.24, 2.45) is 29.6 Å². The highest BCUT2D eigenvalue weighted by atomic mass is 16.5. The van der Waals surface area contributed by atoms with E-state index in [9.17, 15) is 9.59 Å². The Morgan fingerprint density at radius 1 is 1.12 bits per heavy atom. The number of fused-ring (bicyclic) bond motifs is 1. The van der Waals surface area contributed by atoms with Crippen LogP contribution in [0.3, 0.4) is 0 Å². The highest BCUT2D eigenvalue weighted by molar-refractivity contribution is 5.83. The van der Waals surface area contributed by atoms with Gasteiger partial charge < -0.3 is 14.5 Å². The molecule has 2 fully saturated rings. The Morgan fingerprint density at radius 3 is 2.54 bits per heavy atom. The van der Waals surface area contributed by atoms with Crippen molar-refractivity contribution in [3.63, 3.8) is 0 Å². The molecule has 1 saturated carbocycles. The van der Waals surface area contributed by atoms with Crippen LogP contribution in [-0.2, 0) is 20.7 Å². The van der Waals surface area contributed by atoms with Gasteiger partial charge in [0.15, 0.2) is 6.10 Å². The van der Waals surface area contributed by atoms with Crippen molar-refractivity contribution in [2.75, 3.05) is 27.2 Å². The monoisotopic (exact) mass is 566 g/mol. The number of carbonyl (C=O) groups is 2. The zero-order valence-electron chi connectivity index (χ0n) is 27.1. The Morgan fingerprint density at radius 2 is 1.85 bits per heavy atom.